The SMILES string of the molecule is CC(C)(C)c1ccc(-c2[c-]cccc2)nc1.CC(C)c1cc(-c2ccccc2)cc(C(C)C)c1-n1c(-c2[c-]ccc3c2oc2cc4c(nc23)C(C)(C)c2ccccc2-4)nc2ccccc21.[Ir]. The van der Waals surface area contributed by atoms with Gasteiger partial charge in [-0.1, -0.05) is 147 Å². The number of fused-ring (bicyclic) bond motifs is 7. The smallest absolute Gasteiger partial charge is 0.140 e. The molecule has 0 bridgehead atoms. The molecule has 1 aliphatic rings. The standard InChI is InChI=1S/C45H38N3O.C15H16N.Ir/c1-26(2)33-23-29(28-15-8-7-9-16-28)24-34(27(3)4)41(33)48-38-22-13-12-21-37(38)46-44(48)32-19-14-18-31-40-39(49-42(31)32)25-35-30-17-10-11-20-36(30)45(5,6)43(35)47-40;1-15(2,3)13-9-10-14(16-11-13)12-7-5-4-6-8-12;/h7-18,20-27H,1-6H3;4-7,9-11H,1-3H3;/q2*-1;. The summed E-state index contributed by atoms with van der Waals surface area (Å²) in [6.45, 7) is 20.2. The van der Waals surface area contributed by atoms with Crippen LogP contribution in [0.25, 0.3) is 83.7 Å². The van der Waals surface area contributed by atoms with Gasteiger partial charge < -0.3 is 14.0 Å². The third-order valence-electron chi connectivity index (χ3n) is 13.0. The minimum atomic E-state index is -0.201. The van der Waals surface area contributed by atoms with E-state index in [1.807, 2.05) is 36.5 Å². The number of hydrogen-bond donors (Lipinski definition) is 0. The summed E-state index contributed by atoms with van der Waals surface area (Å²) < 4.78 is 9.18. The molecule has 5 nitrogen and oxygen atoms in total. The zero-order valence-corrected chi connectivity index (χ0v) is 41.5. The molecule has 0 N–H and O–H groups in total. The average molecular weight is 1040 g/mol. The molecule has 1 aliphatic carbocycles. The zero-order valence-electron chi connectivity index (χ0n) is 39.1. The second kappa shape index (κ2) is 17.4. The summed E-state index contributed by atoms with van der Waals surface area (Å²) in [6, 6.07) is 57.7. The molecule has 4 heterocycles. The molecular formula is C60H54IrN4O-2. The number of imidazole rings is 1. The van der Waals surface area contributed by atoms with Crippen LogP contribution in [0.2, 0.25) is 0 Å². The van der Waals surface area contributed by atoms with E-state index in [2.05, 4.69) is 199 Å². The summed E-state index contributed by atoms with van der Waals surface area (Å²) in [5.74, 6) is 1.36. The number of rotatable bonds is 6. The first-order valence-corrected chi connectivity index (χ1v) is 22.8. The van der Waals surface area contributed by atoms with E-state index < -0.39 is 0 Å². The largest absolute Gasteiger partial charge is 0.499 e. The maximum absolute atomic E-state index is 6.82. The van der Waals surface area contributed by atoms with Crippen molar-refractivity contribution in [2.75, 3.05) is 0 Å². The van der Waals surface area contributed by atoms with E-state index in [-0.39, 0.29) is 42.8 Å². The Morgan fingerprint density at radius 1 is 0.667 bits per heavy atom. The molecule has 6 heteroatoms. The molecule has 331 valence electrons. The van der Waals surface area contributed by atoms with Gasteiger partial charge in [0, 0.05) is 43.0 Å². The average Bonchev–Trinajstić information content (AvgIpc) is 3.96. The Bertz CT molecular complexity index is 3340. The molecule has 4 aromatic heterocycles. The number of para-hydroxylation sites is 2. The Morgan fingerprint density at radius 2 is 1.36 bits per heavy atom. The van der Waals surface area contributed by atoms with Gasteiger partial charge in [0.2, 0.25) is 0 Å². The molecule has 0 fully saturated rings. The van der Waals surface area contributed by atoms with Crippen molar-refractivity contribution < 1.29 is 24.5 Å². The monoisotopic (exact) mass is 1040 g/mol. The van der Waals surface area contributed by atoms with Crippen LogP contribution in [0.3, 0.4) is 0 Å². The maximum Gasteiger partial charge on any atom is 0.140 e. The third kappa shape index (κ3) is 7.80. The van der Waals surface area contributed by atoms with Crippen LogP contribution in [0.1, 0.15) is 102 Å². The molecular weight excluding hydrogens is 985 g/mol. The summed E-state index contributed by atoms with van der Waals surface area (Å²) >= 11 is 0. The molecule has 0 atom stereocenters. The van der Waals surface area contributed by atoms with Gasteiger partial charge in [-0.15, -0.1) is 54.1 Å². The van der Waals surface area contributed by atoms with Crippen LogP contribution in [0.4, 0.5) is 0 Å². The molecule has 0 spiro atoms. The molecule has 0 saturated heterocycles. The van der Waals surface area contributed by atoms with E-state index in [0.717, 1.165) is 67.0 Å². The number of benzene rings is 6. The quantitative estimate of drug-likeness (QED) is 0.156. The van der Waals surface area contributed by atoms with Gasteiger partial charge in [0.15, 0.2) is 0 Å². The minimum Gasteiger partial charge on any atom is -0.499 e. The Kier molecular flexibility index (Phi) is 11.8. The summed E-state index contributed by atoms with van der Waals surface area (Å²) in [4.78, 5) is 15.2. The summed E-state index contributed by atoms with van der Waals surface area (Å²) in [6.07, 6.45) is 1.95. The van der Waals surface area contributed by atoms with E-state index in [1.54, 1.807) is 0 Å². The van der Waals surface area contributed by atoms with Crippen LogP contribution in [-0.4, -0.2) is 19.5 Å². The molecule has 0 aliphatic heterocycles. The topological polar surface area (TPSA) is 56.7 Å². The van der Waals surface area contributed by atoms with Gasteiger partial charge in [0.1, 0.15) is 5.58 Å². The van der Waals surface area contributed by atoms with Gasteiger partial charge in [-0.05, 0) is 97.6 Å². The Balaban J connectivity index is 0.000000273. The predicted molar refractivity (Wildman–Crippen MR) is 269 cm³/mol. The van der Waals surface area contributed by atoms with Crippen LogP contribution in [0.15, 0.2) is 156 Å². The van der Waals surface area contributed by atoms with Crippen molar-refractivity contribution in [2.45, 2.75) is 85.0 Å². The van der Waals surface area contributed by atoms with Crippen molar-refractivity contribution in [1.82, 2.24) is 19.5 Å². The van der Waals surface area contributed by atoms with E-state index in [9.17, 15) is 0 Å². The number of hydrogen-bond acceptors (Lipinski definition) is 4. The maximum atomic E-state index is 6.82. The van der Waals surface area contributed by atoms with Crippen LogP contribution in [0.5, 0.6) is 0 Å². The van der Waals surface area contributed by atoms with Crippen molar-refractivity contribution in [3.63, 3.8) is 0 Å². The van der Waals surface area contributed by atoms with Crippen LogP contribution >= 0.6 is 0 Å². The van der Waals surface area contributed by atoms with Crippen LogP contribution < -0.4 is 0 Å². The first kappa shape index (κ1) is 44.7. The van der Waals surface area contributed by atoms with E-state index in [0.29, 0.717) is 0 Å². The Morgan fingerprint density at radius 3 is 2.05 bits per heavy atom. The van der Waals surface area contributed by atoms with Crippen molar-refractivity contribution in [2.24, 2.45) is 0 Å². The van der Waals surface area contributed by atoms with Gasteiger partial charge in [0.25, 0.3) is 0 Å². The predicted octanol–water partition coefficient (Wildman–Crippen LogP) is 15.9. The number of nitrogens with zero attached hydrogens (tertiary/aromatic N) is 4. The molecule has 0 saturated carbocycles. The van der Waals surface area contributed by atoms with Crippen molar-refractivity contribution in [3.8, 4) is 50.6 Å². The molecule has 0 amide bonds. The fraction of sp³-hybridized carbons (Fsp3) is 0.217. The van der Waals surface area contributed by atoms with Crippen LogP contribution in [-0.2, 0) is 30.9 Å². The second-order valence-electron chi connectivity index (χ2n) is 19.5. The van der Waals surface area contributed by atoms with Gasteiger partial charge >= 0.3 is 0 Å². The van der Waals surface area contributed by atoms with Gasteiger partial charge in [-0.25, -0.2) is 4.98 Å². The van der Waals surface area contributed by atoms with E-state index in [4.69, 9.17) is 14.4 Å². The Hall–Kier alpha value is -6.46. The fourth-order valence-electron chi connectivity index (χ4n) is 9.48. The van der Waals surface area contributed by atoms with Crippen LogP contribution in [0, 0.1) is 12.1 Å². The molecule has 1 radical (unpaired) electrons. The first-order chi connectivity index (χ1) is 31.3. The third-order valence-corrected chi connectivity index (χ3v) is 13.0. The fourth-order valence-corrected chi connectivity index (χ4v) is 9.48. The molecule has 10 aromatic rings. The zero-order chi connectivity index (χ0) is 45.2. The van der Waals surface area contributed by atoms with Crippen molar-refractivity contribution in [1.29, 1.82) is 0 Å². The normalized spacial score (nSPS) is 12.9. The summed E-state index contributed by atoms with van der Waals surface area (Å²) in [5, 5.41) is 0.976. The van der Waals surface area contributed by atoms with Gasteiger partial charge in [-0.3, -0.25) is 4.98 Å². The molecule has 6 aromatic carbocycles. The molecule has 0 unspecified atom stereocenters. The van der Waals surface area contributed by atoms with Crippen molar-refractivity contribution >= 4 is 33.1 Å². The molecule has 66 heavy (non-hydrogen) atoms. The second-order valence-corrected chi connectivity index (χ2v) is 19.5. The number of aromatic nitrogens is 4. The van der Waals surface area contributed by atoms with E-state index in [1.165, 1.54) is 44.6 Å². The number of furan rings is 1. The van der Waals surface area contributed by atoms with Gasteiger partial charge in [-0.2, -0.15) is 0 Å². The molecule has 11 rings (SSSR count). The number of pyridine rings is 2. The van der Waals surface area contributed by atoms with Gasteiger partial charge in [0.05, 0.1) is 33.7 Å². The summed E-state index contributed by atoms with van der Waals surface area (Å²) in [5.41, 5.74) is 19.5. The first-order valence-electron chi connectivity index (χ1n) is 22.8. The minimum absolute atomic E-state index is 0. The summed E-state index contributed by atoms with van der Waals surface area (Å²) in [7, 11) is 0. The van der Waals surface area contributed by atoms with E-state index >= 15 is 0 Å². The van der Waals surface area contributed by atoms with Crippen molar-refractivity contribution in [3.05, 3.63) is 192 Å². The Labute approximate surface area is 402 Å².